The summed E-state index contributed by atoms with van der Waals surface area (Å²) in [5.41, 5.74) is 6.23. The second kappa shape index (κ2) is 9.16. The van der Waals surface area contributed by atoms with Crippen molar-refractivity contribution >= 4 is 73.7 Å². The molecule has 31 heavy (non-hydrogen) atoms. The molecule has 0 saturated carbocycles. The van der Waals surface area contributed by atoms with Crippen molar-refractivity contribution in [1.82, 2.24) is 0 Å². The first kappa shape index (κ1) is 21.5. The smallest absolute Gasteiger partial charge is 0.160 e. The second-order valence-electron chi connectivity index (χ2n) is 7.31. The summed E-state index contributed by atoms with van der Waals surface area (Å²) in [6.07, 6.45) is 4.28. The molecule has 0 unspecified atom stereocenters. The van der Waals surface area contributed by atoms with Gasteiger partial charge in [0, 0.05) is 21.5 Å². The van der Waals surface area contributed by atoms with E-state index >= 15 is 0 Å². The van der Waals surface area contributed by atoms with Gasteiger partial charge in [-0.05, 0) is 87.4 Å². The molecule has 0 radical (unpaired) electrons. The molecule has 3 nitrogen and oxygen atoms in total. The average molecular weight is 492 g/mol. The number of hydrogen-bond donors (Lipinski definition) is 2. The van der Waals surface area contributed by atoms with E-state index in [1.165, 1.54) is 21.5 Å². The number of rotatable bonds is 2. The summed E-state index contributed by atoms with van der Waals surface area (Å²) in [5.74, 6) is 0.994. The molecule has 0 saturated heterocycles. The first-order chi connectivity index (χ1) is 14.9. The fraction of sp³-hybridized carbons (Fsp3) is 0.115. The molecule has 4 aromatic rings. The quantitative estimate of drug-likeness (QED) is 0.229. The van der Waals surface area contributed by atoms with Gasteiger partial charge in [0.05, 0.1) is 6.61 Å². The third-order valence-electron chi connectivity index (χ3n) is 5.15. The first-order valence-corrected chi connectivity index (χ1v) is 11.3. The van der Waals surface area contributed by atoms with E-state index in [1.807, 2.05) is 25.1 Å². The van der Waals surface area contributed by atoms with Crippen LogP contribution >= 0.6 is 28.6 Å². The molecule has 0 bridgehead atoms. The Morgan fingerprint density at radius 1 is 0.968 bits per heavy atom. The lowest BCUT2D eigenvalue weighted by Crippen LogP contribution is -2.28. The number of nitrogens with two attached hydrogens (primary N) is 1. The van der Waals surface area contributed by atoms with Crippen LogP contribution in [0.4, 0.5) is 5.69 Å². The summed E-state index contributed by atoms with van der Waals surface area (Å²) >= 11 is 7.67. The Morgan fingerprint density at radius 3 is 2.48 bits per heavy atom. The van der Waals surface area contributed by atoms with Crippen LogP contribution in [0.3, 0.4) is 0 Å². The molecule has 1 aliphatic rings. The lowest BCUT2D eigenvalue weighted by molar-refractivity contribution is -0.112. The highest BCUT2D eigenvalue weighted by Crippen LogP contribution is 2.26. The molecule has 0 amide bonds. The third kappa shape index (κ3) is 4.78. The zero-order valence-electron chi connectivity index (χ0n) is 17.1. The summed E-state index contributed by atoms with van der Waals surface area (Å²) in [6.45, 7) is 2.60. The van der Waals surface area contributed by atoms with Crippen molar-refractivity contribution in [2.45, 2.75) is 18.2 Å². The second-order valence-corrected chi connectivity index (χ2v) is 8.70. The van der Waals surface area contributed by atoms with E-state index < -0.39 is 0 Å². The molecule has 0 fully saturated rings. The average Bonchev–Trinajstić information content (AvgIpc) is 2.75. The molecule has 0 aliphatic heterocycles. The molecular weight excluding hydrogens is 470 g/mol. The minimum atomic E-state index is 0.182. The van der Waals surface area contributed by atoms with Crippen molar-refractivity contribution in [1.29, 1.82) is 0 Å². The Morgan fingerprint density at radius 2 is 1.74 bits per heavy atom. The van der Waals surface area contributed by atoms with Crippen molar-refractivity contribution in [3.63, 3.8) is 0 Å². The van der Waals surface area contributed by atoms with Crippen LogP contribution in [0.1, 0.15) is 13.3 Å². The third-order valence-corrected chi connectivity index (χ3v) is 6.03. The summed E-state index contributed by atoms with van der Waals surface area (Å²) in [4.78, 5) is 12.3. The van der Waals surface area contributed by atoms with Crippen LogP contribution < -0.4 is 20.9 Å². The fourth-order valence-corrected chi connectivity index (χ4v) is 4.22. The van der Waals surface area contributed by atoms with Crippen LogP contribution in [0.5, 0.6) is 5.75 Å². The Hall–Kier alpha value is -2.76. The van der Waals surface area contributed by atoms with Gasteiger partial charge in [-0.3, -0.25) is 4.79 Å². The molecule has 5 heteroatoms. The predicted octanol–water partition coefficient (Wildman–Crippen LogP) is 5.25. The van der Waals surface area contributed by atoms with E-state index in [0.29, 0.717) is 18.7 Å². The number of hydrogen-bond acceptors (Lipinski definition) is 4. The summed E-state index contributed by atoms with van der Waals surface area (Å²) < 4.78 is 6.33. The monoisotopic (exact) mass is 491 g/mol. The maximum Gasteiger partial charge on any atom is 0.160 e. The van der Waals surface area contributed by atoms with Gasteiger partial charge in [-0.2, -0.15) is 0 Å². The highest BCUT2D eigenvalue weighted by Gasteiger charge is 2.05. The normalized spacial score (nSPS) is 12.4. The number of Topliss-reactive ketones (excluding diaryl/α,β-unsaturated/α-hetero) is 1. The number of benzene rings is 4. The predicted molar refractivity (Wildman–Crippen MR) is 136 cm³/mol. The fourth-order valence-electron chi connectivity index (χ4n) is 3.64. The van der Waals surface area contributed by atoms with E-state index in [1.54, 1.807) is 12.1 Å². The number of anilines is 1. The molecular formula is C26H22BrNO2S. The van der Waals surface area contributed by atoms with Gasteiger partial charge in [0.25, 0.3) is 0 Å². The Balaban J connectivity index is 0.000000180. The maximum absolute atomic E-state index is 11.5. The van der Waals surface area contributed by atoms with Gasteiger partial charge >= 0.3 is 0 Å². The van der Waals surface area contributed by atoms with Gasteiger partial charge in [0.1, 0.15) is 5.75 Å². The summed E-state index contributed by atoms with van der Waals surface area (Å²) in [6, 6.07) is 20.3. The van der Waals surface area contributed by atoms with Crippen molar-refractivity contribution in [3.8, 4) is 5.75 Å². The van der Waals surface area contributed by atoms with Crippen LogP contribution in [0, 0.1) is 0 Å². The zero-order chi connectivity index (χ0) is 22.0. The van der Waals surface area contributed by atoms with Crippen LogP contribution in [0.2, 0.25) is 0 Å². The van der Waals surface area contributed by atoms with Crippen LogP contribution in [-0.2, 0) is 4.79 Å². The van der Waals surface area contributed by atoms with E-state index in [0.717, 1.165) is 25.6 Å². The highest BCUT2D eigenvalue weighted by atomic mass is 79.9. The SMILES string of the molecule is CCOc1ccc(N)c(S)c1.O=C1C=c2cc3ccc4cc(Br)ccc4c3cc2=CC1. The van der Waals surface area contributed by atoms with Crippen molar-refractivity contribution < 1.29 is 9.53 Å². The number of nitrogen functional groups attached to an aromatic ring is 1. The van der Waals surface area contributed by atoms with E-state index in [-0.39, 0.29) is 5.78 Å². The summed E-state index contributed by atoms with van der Waals surface area (Å²) in [5, 5.41) is 7.09. The highest BCUT2D eigenvalue weighted by molar-refractivity contribution is 9.10. The standard InChI is InChI=1S/C18H11BrO.C8H11NOS/c19-15-4-6-17-13(8-15)2-1-12-7-14-9-16(20)5-3-11(14)10-18(12)17;1-2-10-6-3-4-7(9)8(11)5-6/h1-4,6-10H,5H2;3-5,11H,2,9H2,1H3. The molecule has 0 heterocycles. The van der Waals surface area contributed by atoms with E-state index in [9.17, 15) is 4.79 Å². The molecule has 2 N–H and O–H groups in total. The number of ketones is 1. The molecule has 0 aromatic heterocycles. The number of carbonyl (C=O) groups excluding carboxylic acids is 1. The number of thiol groups is 1. The number of fused-ring (bicyclic) bond motifs is 4. The molecule has 1 aliphatic carbocycles. The maximum atomic E-state index is 11.5. The number of ether oxygens (including phenoxy) is 1. The van der Waals surface area contributed by atoms with Crippen LogP contribution in [0.25, 0.3) is 33.7 Å². The Kier molecular flexibility index (Phi) is 6.35. The molecule has 4 aromatic carbocycles. The van der Waals surface area contributed by atoms with Gasteiger partial charge in [-0.25, -0.2) is 0 Å². The Labute approximate surface area is 194 Å². The zero-order valence-corrected chi connectivity index (χ0v) is 19.5. The van der Waals surface area contributed by atoms with Gasteiger partial charge in [-0.15, -0.1) is 12.6 Å². The van der Waals surface area contributed by atoms with Gasteiger partial charge in [0.2, 0.25) is 0 Å². The van der Waals surface area contributed by atoms with Crippen molar-refractivity contribution in [3.05, 3.63) is 75.6 Å². The van der Waals surface area contributed by atoms with E-state index in [2.05, 4.69) is 71.0 Å². The van der Waals surface area contributed by atoms with Gasteiger partial charge in [-0.1, -0.05) is 40.2 Å². The van der Waals surface area contributed by atoms with Crippen LogP contribution in [0.15, 0.2) is 70.0 Å². The minimum absolute atomic E-state index is 0.182. The lowest BCUT2D eigenvalue weighted by atomic mass is 9.98. The first-order valence-electron chi connectivity index (χ1n) is 10.0. The van der Waals surface area contributed by atoms with Crippen LogP contribution in [-0.4, -0.2) is 12.4 Å². The molecule has 0 spiro atoms. The molecule has 0 atom stereocenters. The van der Waals surface area contributed by atoms with Crippen molar-refractivity contribution in [2.75, 3.05) is 12.3 Å². The minimum Gasteiger partial charge on any atom is -0.494 e. The largest absolute Gasteiger partial charge is 0.494 e. The molecule has 5 rings (SSSR count). The topological polar surface area (TPSA) is 52.3 Å². The van der Waals surface area contributed by atoms with Gasteiger partial charge in [0.15, 0.2) is 5.78 Å². The lowest BCUT2D eigenvalue weighted by Gasteiger charge is -2.07. The van der Waals surface area contributed by atoms with Gasteiger partial charge < -0.3 is 10.5 Å². The van der Waals surface area contributed by atoms with Crippen molar-refractivity contribution in [2.24, 2.45) is 0 Å². The summed E-state index contributed by atoms with van der Waals surface area (Å²) in [7, 11) is 0. The number of halogens is 1. The molecule has 156 valence electrons. The Bertz CT molecular complexity index is 1430. The van der Waals surface area contributed by atoms with E-state index in [4.69, 9.17) is 10.5 Å². The number of carbonyl (C=O) groups is 1.